The summed E-state index contributed by atoms with van der Waals surface area (Å²) < 4.78 is 14.9. The summed E-state index contributed by atoms with van der Waals surface area (Å²) >= 11 is 0. The van der Waals surface area contributed by atoms with Crippen LogP contribution in [0.25, 0.3) is 5.69 Å². The number of halogens is 1. The van der Waals surface area contributed by atoms with E-state index in [0.29, 0.717) is 11.5 Å². The van der Waals surface area contributed by atoms with Crippen molar-refractivity contribution in [2.24, 2.45) is 0 Å². The zero-order valence-corrected chi connectivity index (χ0v) is 18.0. The molecule has 0 aliphatic carbocycles. The van der Waals surface area contributed by atoms with Crippen molar-refractivity contribution in [3.8, 4) is 5.69 Å². The molecule has 7 heteroatoms. The zero-order chi connectivity index (χ0) is 22.4. The topological polar surface area (TPSA) is 76.0 Å². The maximum atomic E-state index is 13.3. The fraction of sp³-hybridized carbons (Fsp3) is 0.292. The minimum absolute atomic E-state index is 0.125. The Bertz CT molecular complexity index is 1040. The van der Waals surface area contributed by atoms with Crippen LogP contribution < -0.4 is 10.6 Å². The number of aromatic nitrogens is 2. The SMILES string of the molecule is CC(C)(C)c1cc(NC(=O)CCNC(=O)Cc2ccccc2)n(-c2ccc(F)cc2)n1. The molecule has 0 saturated carbocycles. The first-order chi connectivity index (χ1) is 14.7. The van der Waals surface area contributed by atoms with E-state index in [2.05, 4.69) is 15.7 Å². The van der Waals surface area contributed by atoms with Gasteiger partial charge >= 0.3 is 0 Å². The van der Waals surface area contributed by atoms with Crippen molar-refractivity contribution in [3.05, 3.63) is 77.7 Å². The third-order valence-electron chi connectivity index (χ3n) is 4.70. The summed E-state index contributed by atoms with van der Waals surface area (Å²) in [7, 11) is 0. The molecule has 31 heavy (non-hydrogen) atoms. The average Bonchev–Trinajstić information content (AvgIpc) is 3.13. The number of rotatable bonds is 7. The van der Waals surface area contributed by atoms with Crippen LogP contribution in [-0.4, -0.2) is 28.1 Å². The van der Waals surface area contributed by atoms with E-state index in [1.54, 1.807) is 16.8 Å². The fourth-order valence-corrected chi connectivity index (χ4v) is 2.98. The number of benzene rings is 2. The second-order valence-corrected chi connectivity index (χ2v) is 8.36. The van der Waals surface area contributed by atoms with Gasteiger partial charge in [-0.2, -0.15) is 5.10 Å². The van der Waals surface area contributed by atoms with E-state index in [0.717, 1.165) is 11.3 Å². The molecule has 2 amide bonds. The Morgan fingerprint density at radius 2 is 1.68 bits per heavy atom. The molecule has 0 saturated heterocycles. The highest BCUT2D eigenvalue weighted by Gasteiger charge is 2.21. The summed E-state index contributed by atoms with van der Waals surface area (Å²) in [5.74, 6) is -0.227. The molecule has 3 rings (SSSR count). The Kier molecular flexibility index (Phi) is 6.84. The van der Waals surface area contributed by atoms with Gasteiger partial charge < -0.3 is 10.6 Å². The molecule has 0 unspecified atom stereocenters. The van der Waals surface area contributed by atoms with Gasteiger partial charge in [0.15, 0.2) is 0 Å². The van der Waals surface area contributed by atoms with Gasteiger partial charge in [-0.3, -0.25) is 9.59 Å². The lowest BCUT2D eigenvalue weighted by Crippen LogP contribution is -2.29. The highest BCUT2D eigenvalue weighted by Crippen LogP contribution is 2.26. The van der Waals surface area contributed by atoms with Gasteiger partial charge in [-0.25, -0.2) is 9.07 Å². The van der Waals surface area contributed by atoms with Crippen molar-refractivity contribution >= 4 is 17.6 Å². The molecule has 6 nitrogen and oxygen atoms in total. The molecule has 0 atom stereocenters. The minimum Gasteiger partial charge on any atom is -0.355 e. The number of carbonyl (C=O) groups is 2. The molecule has 0 radical (unpaired) electrons. The van der Waals surface area contributed by atoms with Crippen molar-refractivity contribution in [2.75, 3.05) is 11.9 Å². The number of anilines is 1. The van der Waals surface area contributed by atoms with Crippen LogP contribution in [0.1, 0.15) is 38.4 Å². The van der Waals surface area contributed by atoms with E-state index < -0.39 is 0 Å². The van der Waals surface area contributed by atoms with Crippen LogP contribution >= 0.6 is 0 Å². The molecule has 3 aromatic rings. The number of nitrogens with one attached hydrogen (secondary N) is 2. The molecular formula is C24H27FN4O2. The summed E-state index contributed by atoms with van der Waals surface area (Å²) in [6.07, 6.45) is 0.398. The third-order valence-corrected chi connectivity index (χ3v) is 4.70. The molecule has 0 aliphatic heterocycles. The molecule has 0 fully saturated rings. The van der Waals surface area contributed by atoms with Crippen molar-refractivity contribution in [1.82, 2.24) is 15.1 Å². The van der Waals surface area contributed by atoms with Crippen LogP contribution in [0, 0.1) is 5.82 Å². The molecular weight excluding hydrogens is 395 g/mol. The van der Waals surface area contributed by atoms with E-state index in [-0.39, 0.29) is 42.4 Å². The summed E-state index contributed by atoms with van der Waals surface area (Å²) in [5, 5.41) is 10.2. The lowest BCUT2D eigenvalue weighted by molar-refractivity contribution is -0.120. The summed E-state index contributed by atoms with van der Waals surface area (Å²) in [6.45, 7) is 6.31. The molecule has 0 bridgehead atoms. The predicted molar refractivity (Wildman–Crippen MR) is 119 cm³/mol. The van der Waals surface area contributed by atoms with Crippen molar-refractivity contribution < 1.29 is 14.0 Å². The van der Waals surface area contributed by atoms with Gasteiger partial charge in [0, 0.05) is 24.4 Å². The summed E-state index contributed by atoms with van der Waals surface area (Å²) in [4.78, 5) is 24.5. The number of carbonyl (C=O) groups excluding carboxylic acids is 2. The minimum atomic E-state index is -0.344. The number of hydrogen-bond acceptors (Lipinski definition) is 3. The third kappa shape index (κ3) is 6.25. The van der Waals surface area contributed by atoms with Gasteiger partial charge in [0.05, 0.1) is 17.8 Å². The van der Waals surface area contributed by atoms with Crippen LogP contribution in [0.2, 0.25) is 0 Å². The molecule has 0 aliphatic rings. The van der Waals surface area contributed by atoms with Gasteiger partial charge in [-0.05, 0) is 29.8 Å². The largest absolute Gasteiger partial charge is 0.355 e. The van der Waals surface area contributed by atoms with Gasteiger partial charge in [0.25, 0.3) is 0 Å². The normalized spacial score (nSPS) is 11.2. The second-order valence-electron chi connectivity index (χ2n) is 8.36. The quantitative estimate of drug-likeness (QED) is 0.604. The van der Waals surface area contributed by atoms with Crippen LogP contribution in [0.15, 0.2) is 60.7 Å². The van der Waals surface area contributed by atoms with Crippen molar-refractivity contribution in [1.29, 1.82) is 0 Å². The average molecular weight is 423 g/mol. The Labute approximate surface area is 181 Å². The lowest BCUT2D eigenvalue weighted by Gasteiger charge is -2.14. The first-order valence-electron chi connectivity index (χ1n) is 10.2. The number of amides is 2. The van der Waals surface area contributed by atoms with Crippen LogP contribution in [0.4, 0.5) is 10.2 Å². The van der Waals surface area contributed by atoms with Crippen LogP contribution in [0.3, 0.4) is 0 Å². The van der Waals surface area contributed by atoms with E-state index in [4.69, 9.17) is 0 Å². The van der Waals surface area contributed by atoms with Crippen LogP contribution in [-0.2, 0) is 21.4 Å². The molecule has 162 valence electrons. The van der Waals surface area contributed by atoms with E-state index in [1.807, 2.05) is 57.2 Å². The predicted octanol–water partition coefficient (Wildman–Crippen LogP) is 4.00. The molecule has 0 spiro atoms. The highest BCUT2D eigenvalue weighted by molar-refractivity contribution is 5.90. The Morgan fingerprint density at radius 1 is 1.00 bits per heavy atom. The summed E-state index contributed by atoms with van der Waals surface area (Å²) in [5.41, 5.74) is 2.13. The van der Waals surface area contributed by atoms with Crippen molar-refractivity contribution in [2.45, 2.75) is 39.0 Å². The van der Waals surface area contributed by atoms with E-state index in [9.17, 15) is 14.0 Å². The Hall–Kier alpha value is -3.48. The van der Waals surface area contributed by atoms with Crippen molar-refractivity contribution in [3.63, 3.8) is 0 Å². The standard InChI is InChI=1S/C24H27FN4O2/c1-24(2,3)20-16-21(29(28-20)19-11-9-18(25)10-12-19)27-22(30)13-14-26-23(31)15-17-7-5-4-6-8-17/h4-12,16H,13-15H2,1-3H3,(H,26,31)(H,27,30). The van der Waals surface area contributed by atoms with Gasteiger partial charge in [0.1, 0.15) is 11.6 Å². The Morgan fingerprint density at radius 3 is 2.32 bits per heavy atom. The first kappa shape index (κ1) is 22.2. The molecule has 1 aromatic heterocycles. The van der Waals surface area contributed by atoms with Crippen LogP contribution in [0.5, 0.6) is 0 Å². The fourth-order valence-electron chi connectivity index (χ4n) is 2.98. The monoisotopic (exact) mass is 422 g/mol. The molecule has 2 aromatic carbocycles. The summed E-state index contributed by atoms with van der Waals surface area (Å²) in [6, 6.07) is 17.2. The van der Waals surface area contributed by atoms with Gasteiger partial charge in [-0.1, -0.05) is 51.1 Å². The van der Waals surface area contributed by atoms with Gasteiger partial charge in [-0.15, -0.1) is 0 Å². The zero-order valence-electron chi connectivity index (χ0n) is 18.0. The maximum absolute atomic E-state index is 13.3. The second kappa shape index (κ2) is 9.55. The number of hydrogen-bond donors (Lipinski definition) is 2. The highest BCUT2D eigenvalue weighted by atomic mass is 19.1. The number of nitrogens with zero attached hydrogens (tertiary/aromatic N) is 2. The van der Waals surface area contributed by atoms with E-state index in [1.165, 1.54) is 12.1 Å². The smallest absolute Gasteiger partial charge is 0.227 e. The van der Waals surface area contributed by atoms with E-state index >= 15 is 0 Å². The molecule has 2 N–H and O–H groups in total. The maximum Gasteiger partial charge on any atom is 0.227 e. The molecule has 1 heterocycles. The first-order valence-corrected chi connectivity index (χ1v) is 10.2. The Balaban J connectivity index is 1.62. The van der Waals surface area contributed by atoms with Gasteiger partial charge in [0.2, 0.25) is 11.8 Å². The lowest BCUT2D eigenvalue weighted by atomic mass is 9.92.